The second-order valence-corrected chi connectivity index (χ2v) is 1.49. The molecule has 0 saturated heterocycles. The summed E-state index contributed by atoms with van der Waals surface area (Å²) in [6, 6.07) is 0. The van der Waals surface area contributed by atoms with E-state index in [2.05, 4.69) is 16.3 Å². The molecular formula is C3H4ClF3O. The molecule has 0 aliphatic heterocycles. The first-order valence-electron chi connectivity index (χ1n) is 1.72. The van der Waals surface area contributed by atoms with Crippen molar-refractivity contribution in [1.29, 1.82) is 0 Å². The minimum atomic E-state index is -4.45. The average molecular weight is 149 g/mol. The third-order valence-electron chi connectivity index (χ3n) is 0.464. The van der Waals surface area contributed by atoms with Crippen LogP contribution in [0.3, 0.4) is 0 Å². The summed E-state index contributed by atoms with van der Waals surface area (Å²) in [4.78, 5) is 0. The van der Waals surface area contributed by atoms with Gasteiger partial charge in [-0.25, -0.2) is 0 Å². The molecule has 0 aromatic heterocycles. The Bertz CT molecular complexity index is 71.4. The summed E-state index contributed by atoms with van der Waals surface area (Å²) in [7, 11) is 0.894. The van der Waals surface area contributed by atoms with Gasteiger partial charge in [-0.3, -0.25) is 0 Å². The fraction of sp³-hybridized carbons (Fsp3) is 1.00. The lowest BCUT2D eigenvalue weighted by Gasteiger charge is -2.09. The van der Waals surface area contributed by atoms with Gasteiger partial charge in [-0.1, -0.05) is 11.6 Å². The molecule has 1 atom stereocenters. The fourth-order valence-corrected chi connectivity index (χ4v) is 0.134. The number of hydrogen-bond acceptors (Lipinski definition) is 1. The van der Waals surface area contributed by atoms with Crippen molar-refractivity contribution in [2.45, 2.75) is 11.7 Å². The summed E-state index contributed by atoms with van der Waals surface area (Å²) in [6.45, 7) is 0. The predicted octanol–water partition coefficient (Wildman–Crippen LogP) is 1.76. The van der Waals surface area contributed by atoms with E-state index in [1.165, 1.54) is 0 Å². The standard InChI is InChI=1S/C3H4ClF3O/c1-8-2(4)3(5,6)7/h2H,1H3. The van der Waals surface area contributed by atoms with E-state index in [0.717, 1.165) is 7.11 Å². The van der Waals surface area contributed by atoms with Crippen molar-refractivity contribution in [3.63, 3.8) is 0 Å². The summed E-state index contributed by atoms with van der Waals surface area (Å²) in [5, 5.41) is 0. The van der Waals surface area contributed by atoms with Crippen molar-refractivity contribution in [3.05, 3.63) is 0 Å². The van der Waals surface area contributed by atoms with Crippen LogP contribution in [0.1, 0.15) is 0 Å². The van der Waals surface area contributed by atoms with Gasteiger partial charge >= 0.3 is 6.18 Å². The topological polar surface area (TPSA) is 9.23 Å². The largest absolute Gasteiger partial charge is 0.428 e. The molecule has 0 aliphatic rings. The first-order chi connectivity index (χ1) is 3.48. The Kier molecular flexibility index (Phi) is 2.56. The normalized spacial score (nSPS) is 16.1. The van der Waals surface area contributed by atoms with E-state index in [-0.39, 0.29) is 0 Å². The van der Waals surface area contributed by atoms with Gasteiger partial charge in [0.25, 0.3) is 0 Å². The Labute approximate surface area is 49.4 Å². The molecule has 0 saturated carbocycles. The third-order valence-corrected chi connectivity index (χ3v) is 0.890. The molecule has 50 valence electrons. The zero-order chi connectivity index (χ0) is 6.78. The van der Waals surface area contributed by atoms with Crippen molar-refractivity contribution in [2.75, 3.05) is 7.11 Å². The van der Waals surface area contributed by atoms with Crippen LogP contribution in [0.15, 0.2) is 0 Å². The first kappa shape index (κ1) is 8.04. The number of halogens is 4. The molecule has 0 spiro atoms. The van der Waals surface area contributed by atoms with E-state index in [4.69, 9.17) is 0 Å². The summed E-state index contributed by atoms with van der Waals surface area (Å²) in [6.07, 6.45) is -4.45. The highest BCUT2D eigenvalue weighted by Crippen LogP contribution is 2.24. The lowest BCUT2D eigenvalue weighted by Crippen LogP contribution is -2.24. The van der Waals surface area contributed by atoms with E-state index >= 15 is 0 Å². The maximum Gasteiger partial charge on any atom is 0.428 e. The van der Waals surface area contributed by atoms with Crippen molar-refractivity contribution in [3.8, 4) is 0 Å². The molecule has 0 aromatic rings. The highest BCUT2D eigenvalue weighted by Gasteiger charge is 2.38. The van der Waals surface area contributed by atoms with Crippen molar-refractivity contribution < 1.29 is 17.9 Å². The van der Waals surface area contributed by atoms with Crippen LogP contribution < -0.4 is 0 Å². The monoisotopic (exact) mass is 148 g/mol. The summed E-state index contributed by atoms with van der Waals surface area (Å²) in [5.41, 5.74) is -2.18. The molecule has 1 nitrogen and oxygen atoms in total. The Morgan fingerprint density at radius 2 is 1.88 bits per heavy atom. The molecule has 0 aliphatic carbocycles. The van der Waals surface area contributed by atoms with Gasteiger partial charge in [0.2, 0.25) is 5.56 Å². The van der Waals surface area contributed by atoms with E-state index in [0.29, 0.717) is 0 Å². The van der Waals surface area contributed by atoms with Crippen LogP contribution in [0.2, 0.25) is 0 Å². The average Bonchev–Trinajstić information content (AvgIpc) is 1.62. The molecular weight excluding hydrogens is 144 g/mol. The van der Waals surface area contributed by atoms with Gasteiger partial charge in [-0.2, -0.15) is 13.2 Å². The van der Waals surface area contributed by atoms with Crippen LogP contribution in [0.5, 0.6) is 0 Å². The van der Waals surface area contributed by atoms with Gasteiger partial charge in [-0.15, -0.1) is 0 Å². The second kappa shape index (κ2) is 2.55. The molecule has 1 unspecified atom stereocenters. The quantitative estimate of drug-likeness (QED) is 0.515. The van der Waals surface area contributed by atoms with Crippen LogP contribution in [0, 0.1) is 0 Å². The van der Waals surface area contributed by atoms with Crippen molar-refractivity contribution in [2.24, 2.45) is 0 Å². The molecule has 8 heavy (non-hydrogen) atoms. The second-order valence-electron chi connectivity index (χ2n) is 1.09. The van der Waals surface area contributed by atoms with Gasteiger partial charge in [0.15, 0.2) is 0 Å². The van der Waals surface area contributed by atoms with E-state index in [1.54, 1.807) is 0 Å². The molecule has 0 N–H and O–H groups in total. The Balaban J connectivity index is 3.62. The number of ether oxygens (including phenoxy) is 1. The molecule has 0 heterocycles. The zero-order valence-corrected chi connectivity index (χ0v) is 4.75. The number of methoxy groups -OCH3 is 1. The minimum absolute atomic E-state index is 0.894. The Hall–Kier alpha value is 0.0400. The maximum absolute atomic E-state index is 11.2. The van der Waals surface area contributed by atoms with Crippen LogP contribution in [-0.2, 0) is 4.74 Å². The highest BCUT2D eigenvalue weighted by molar-refractivity contribution is 6.20. The van der Waals surface area contributed by atoms with Gasteiger partial charge in [0, 0.05) is 7.11 Å². The smallest absolute Gasteiger partial charge is 0.357 e. The van der Waals surface area contributed by atoms with Gasteiger partial charge < -0.3 is 4.74 Å². The number of alkyl halides is 4. The van der Waals surface area contributed by atoms with Crippen molar-refractivity contribution >= 4 is 11.6 Å². The first-order valence-corrected chi connectivity index (χ1v) is 2.15. The molecule has 0 bridgehead atoms. The summed E-state index contributed by atoms with van der Waals surface area (Å²) < 4.78 is 37.3. The minimum Gasteiger partial charge on any atom is -0.357 e. The van der Waals surface area contributed by atoms with Gasteiger partial charge in [-0.05, 0) is 0 Å². The van der Waals surface area contributed by atoms with Crippen LogP contribution in [-0.4, -0.2) is 18.8 Å². The van der Waals surface area contributed by atoms with E-state index in [1.807, 2.05) is 0 Å². The van der Waals surface area contributed by atoms with Gasteiger partial charge in [0.05, 0.1) is 0 Å². The molecule has 0 fully saturated rings. The van der Waals surface area contributed by atoms with E-state index in [9.17, 15) is 13.2 Å². The van der Waals surface area contributed by atoms with Crippen LogP contribution in [0.25, 0.3) is 0 Å². The predicted molar refractivity (Wildman–Crippen MR) is 22.7 cm³/mol. The lowest BCUT2D eigenvalue weighted by atomic mass is 10.7. The van der Waals surface area contributed by atoms with E-state index < -0.39 is 11.7 Å². The van der Waals surface area contributed by atoms with Crippen LogP contribution in [0.4, 0.5) is 13.2 Å². The third kappa shape index (κ3) is 2.37. The molecule has 5 heteroatoms. The molecule has 0 radical (unpaired) electrons. The molecule has 0 amide bonds. The highest BCUT2D eigenvalue weighted by atomic mass is 35.5. The molecule has 0 aromatic carbocycles. The zero-order valence-electron chi connectivity index (χ0n) is 4.00. The number of hydrogen-bond donors (Lipinski definition) is 0. The Morgan fingerprint density at radius 3 is 1.88 bits per heavy atom. The fourth-order valence-electron chi connectivity index (χ4n) is 0.134. The molecule has 0 rings (SSSR count). The maximum atomic E-state index is 11.2. The number of rotatable bonds is 1. The van der Waals surface area contributed by atoms with Gasteiger partial charge in [0.1, 0.15) is 0 Å². The Morgan fingerprint density at radius 1 is 1.50 bits per heavy atom. The SMILES string of the molecule is COC(Cl)C(F)(F)F. The summed E-state index contributed by atoms with van der Waals surface area (Å²) >= 11 is 4.59. The lowest BCUT2D eigenvalue weighted by molar-refractivity contribution is -0.184. The van der Waals surface area contributed by atoms with Crippen molar-refractivity contribution in [1.82, 2.24) is 0 Å². The summed E-state index contributed by atoms with van der Waals surface area (Å²) in [5.74, 6) is 0. The van der Waals surface area contributed by atoms with Crippen LogP contribution >= 0.6 is 11.6 Å².